The van der Waals surface area contributed by atoms with Gasteiger partial charge in [0.25, 0.3) is 0 Å². The fraction of sp³-hybridized carbons (Fsp3) is 0.692. The second kappa shape index (κ2) is 4.39. The molecule has 4 unspecified atom stereocenters. The van der Waals surface area contributed by atoms with Crippen LogP contribution in [-0.2, 0) is 18.4 Å². The van der Waals surface area contributed by atoms with Gasteiger partial charge >= 0.3 is 5.97 Å². The number of carboxylic acids is 1. The first kappa shape index (κ1) is 11.7. The summed E-state index contributed by atoms with van der Waals surface area (Å²) in [7, 11) is 1.91. The van der Waals surface area contributed by atoms with Crippen LogP contribution < -0.4 is 5.32 Å². The molecule has 1 aromatic rings. The summed E-state index contributed by atoms with van der Waals surface area (Å²) in [5.74, 6) is 0.0996. The SMILES string of the molecule is Cn1nccc1CNC1C2CCC(C2)C1C(=O)O. The number of nitrogens with one attached hydrogen (secondary N) is 1. The van der Waals surface area contributed by atoms with E-state index in [4.69, 9.17) is 0 Å². The number of carboxylic acid groups (broad SMARTS) is 1. The lowest BCUT2D eigenvalue weighted by molar-refractivity contribution is -0.144. The molecular formula is C13H19N3O2. The van der Waals surface area contributed by atoms with Crippen LogP contribution in [0.4, 0.5) is 0 Å². The number of hydrogen-bond donors (Lipinski definition) is 2. The summed E-state index contributed by atoms with van der Waals surface area (Å²) in [5, 5.41) is 16.9. The summed E-state index contributed by atoms with van der Waals surface area (Å²) < 4.78 is 1.83. The summed E-state index contributed by atoms with van der Waals surface area (Å²) in [4.78, 5) is 11.4. The smallest absolute Gasteiger partial charge is 0.308 e. The minimum absolute atomic E-state index is 0.135. The highest BCUT2D eigenvalue weighted by molar-refractivity contribution is 5.72. The second-order valence-electron chi connectivity index (χ2n) is 5.55. The van der Waals surface area contributed by atoms with E-state index in [0.29, 0.717) is 18.4 Å². The van der Waals surface area contributed by atoms with Crippen molar-refractivity contribution in [3.63, 3.8) is 0 Å². The van der Waals surface area contributed by atoms with E-state index in [2.05, 4.69) is 10.4 Å². The van der Waals surface area contributed by atoms with Crippen LogP contribution in [0.15, 0.2) is 12.3 Å². The minimum atomic E-state index is -0.635. The molecule has 0 aromatic carbocycles. The Balaban J connectivity index is 1.68. The molecule has 18 heavy (non-hydrogen) atoms. The van der Waals surface area contributed by atoms with E-state index in [1.807, 2.05) is 17.8 Å². The Bertz CT molecular complexity index is 457. The third kappa shape index (κ3) is 1.82. The Morgan fingerprint density at radius 3 is 3.00 bits per heavy atom. The van der Waals surface area contributed by atoms with E-state index in [9.17, 15) is 9.90 Å². The summed E-state index contributed by atoms with van der Waals surface area (Å²) in [6.07, 6.45) is 5.12. The van der Waals surface area contributed by atoms with Gasteiger partial charge in [-0.2, -0.15) is 5.10 Å². The molecule has 2 N–H and O–H groups in total. The van der Waals surface area contributed by atoms with Crippen molar-refractivity contribution in [2.24, 2.45) is 24.8 Å². The van der Waals surface area contributed by atoms with Gasteiger partial charge in [0.2, 0.25) is 0 Å². The summed E-state index contributed by atoms with van der Waals surface area (Å²) in [5.41, 5.74) is 1.10. The average molecular weight is 249 g/mol. The lowest BCUT2D eigenvalue weighted by Gasteiger charge is -2.29. The standard InChI is InChI=1S/C13H19N3O2/c1-16-10(4-5-15-16)7-14-12-9-3-2-8(6-9)11(12)13(17)18/h4-5,8-9,11-12,14H,2-3,6-7H2,1H3,(H,17,18). The molecule has 5 heteroatoms. The van der Waals surface area contributed by atoms with E-state index in [1.165, 1.54) is 6.42 Å². The van der Waals surface area contributed by atoms with Gasteiger partial charge < -0.3 is 10.4 Å². The highest BCUT2D eigenvalue weighted by atomic mass is 16.4. The van der Waals surface area contributed by atoms with Crippen LogP contribution in [0.5, 0.6) is 0 Å². The largest absolute Gasteiger partial charge is 0.481 e. The monoisotopic (exact) mass is 249 g/mol. The van der Waals surface area contributed by atoms with E-state index in [-0.39, 0.29) is 12.0 Å². The zero-order valence-electron chi connectivity index (χ0n) is 10.5. The minimum Gasteiger partial charge on any atom is -0.481 e. The Morgan fingerprint density at radius 2 is 2.33 bits per heavy atom. The highest BCUT2D eigenvalue weighted by Gasteiger charge is 2.50. The second-order valence-corrected chi connectivity index (χ2v) is 5.55. The number of nitrogens with zero attached hydrogens (tertiary/aromatic N) is 2. The van der Waals surface area contributed by atoms with Crippen molar-refractivity contribution >= 4 is 5.97 Å². The fourth-order valence-corrected chi connectivity index (χ4v) is 3.74. The van der Waals surface area contributed by atoms with Gasteiger partial charge in [0, 0.05) is 25.8 Å². The number of rotatable bonds is 4. The van der Waals surface area contributed by atoms with E-state index < -0.39 is 5.97 Å². The molecule has 0 radical (unpaired) electrons. The Kier molecular flexibility index (Phi) is 2.86. The van der Waals surface area contributed by atoms with Crippen molar-refractivity contribution in [1.29, 1.82) is 0 Å². The predicted octanol–water partition coefficient (Wildman–Crippen LogP) is 1.01. The van der Waals surface area contributed by atoms with E-state index in [0.717, 1.165) is 18.5 Å². The topological polar surface area (TPSA) is 67.2 Å². The van der Waals surface area contributed by atoms with Crippen LogP contribution in [0.3, 0.4) is 0 Å². The maximum atomic E-state index is 11.4. The number of hydrogen-bond acceptors (Lipinski definition) is 3. The molecule has 98 valence electrons. The Morgan fingerprint density at radius 1 is 1.56 bits per heavy atom. The van der Waals surface area contributed by atoms with Crippen molar-refractivity contribution < 1.29 is 9.90 Å². The number of fused-ring (bicyclic) bond motifs is 2. The number of aromatic nitrogens is 2. The van der Waals surface area contributed by atoms with Crippen molar-refractivity contribution in [3.05, 3.63) is 18.0 Å². The molecule has 5 nitrogen and oxygen atoms in total. The average Bonchev–Trinajstić information content (AvgIpc) is 3.00. The molecule has 1 heterocycles. The maximum absolute atomic E-state index is 11.4. The van der Waals surface area contributed by atoms with E-state index >= 15 is 0 Å². The molecule has 2 aliphatic rings. The maximum Gasteiger partial charge on any atom is 0.308 e. The first-order chi connectivity index (χ1) is 8.66. The van der Waals surface area contributed by atoms with Crippen LogP contribution in [0.2, 0.25) is 0 Å². The van der Waals surface area contributed by atoms with Gasteiger partial charge in [-0.3, -0.25) is 9.48 Å². The molecule has 2 fully saturated rings. The Labute approximate surface area is 106 Å². The van der Waals surface area contributed by atoms with Crippen LogP contribution in [0.25, 0.3) is 0 Å². The van der Waals surface area contributed by atoms with Gasteiger partial charge in [-0.25, -0.2) is 0 Å². The van der Waals surface area contributed by atoms with Crippen molar-refractivity contribution in [3.8, 4) is 0 Å². The first-order valence-corrected chi connectivity index (χ1v) is 6.60. The molecule has 1 aromatic heterocycles. The molecule has 0 amide bonds. The molecule has 2 aliphatic carbocycles. The van der Waals surface area contributed by atoms with Gasteiger partial charge in [-0.05, 0) is 37.2 Å². The van der Waals surface area contributed by atoms with Crippen molar-refractivity contribution in [1.82, 2.24) is 15.1 Å². The molecule has 0 spiro atoms. The third-order valence-corrected chi connectivity index (χ3v) is 4.64. The zero-order valence-corrected chi connectivity index (χ0v) is 10.5. The Hall–Kier alpha value is -1.36. The summed E-state index contributed by atoms with van der Waals surface area (Å²) in [6, 6.07) is 2.10. The quantitative estimate of drug-likeness (QED) is 0.835. The molecule has 2 bridgehead atoms. The summed E-state index contributed by atoms with van der Waals surface area (Å²) in [6.45, 7) is 0.703. The third-order valence-electron chi connectivity index (χ3n) is 4.64. The number of aliphatic carboxylic acids is 1. The fourth-order valence-electron chi connectivity index (χ4n) is 3.74. The van der Waals surface area contributed by atoms with Gasteiger partial charge in [-0.1, -0.05) is 0 Å². The lowest BCUT2D eigenvalue weighted by atomic mass is 9.84. The number of carbonyl (C=O) groups is 1. The van der Waals surface area contributed by atoms with Gasteiger partial charge in [0.15, 0.2) is 0 Å². The normalized spacial score (nSPS) is 34.1. The highest BCUT2D eigenvalue weighted by Crippen LogP contribution is 2.48. The summed E-state index contributed by atoms with van der Waals surface area (Å²) >= 11 is 0. The van der Waals surface area contributed by atoms with Crippen LogP contribution in [0, 0.1) is 17.8 Å². The van der Waals surface area contributed by atoms with Crippen LogP contribution in [-0.4, -0.2) is 26.9 Å². The van der Waals surface area contributed by atoms with Gasteiger partial charge in [-0.15, -0.1) is 0 Å². The van der Waals surface area contributed by atoms with Gasteiger partial charge in [0.1, 0.15) is 0 Å². The van der Waals surface area contributed by atoms with Crippen molar-refractivity contribution in [2.75, 3.05) is 0 Å². The molecule has 3 rings (SSSR count). The predicted molar refractivity (Wildman–Crippen MR) is 65.8 cm³/mol. The number of aryl methyl sites for hydroxylation is 1. The lowest BCUT2D eigenvalue weighted by Crippen LogP contribution is -2.44. The molecule has 4 atom stereocenters. The van der Waals surface area contributed by atoms with Crippen LogP contribution >= 0.6 is 0 Å². The zero-order chi connectivity index (χ0) is 12.7. The molecule has 2 saturated carbocycles. The van der Waals surface area contributed by atoms with Crippen molar-refractivity contribution in [2.45, 2.75) is 31.8 Å². The van der Waals surface area contributed by atoms with E-state index in [1.54, 1.807) is 6.20 Å². The molecule has 0 aliphatic heterocycles. The first-order valence-electron chi connectivity index (χ1n) is 6.60. The van der Waals surface area contributed by atoms with Gasteiger partial charge in [0.05, 0.1) is 11.6 Å². The molecular weight excluding hydrogens is 230 g/mol. The molecule has 0 saturated heterocycles. The van der Waals surface area contributed by atoms with Crippen LogP contribution in [0.1, 0.15) is 25.0 Å².